The maximum absolute atomic E-state index is 4.57. The molecule has 0 aromatic carbocycles. The summed E-state index contributed by atoms with van der Waals surface area (Å²) in [7, 11) is 1.94. The molecule has 0 saturated carbocycles. The molecule has 0 amide bonds. The molecule has 0 bridgehead atoms. The van der Waals surface area contributed by atoms with Crippen LogP contribution in [0.5, 0.6) is 0 Å². The van der Waals surface area contributed by atoms with E-state index in [2.05, 4.69) is 34.0 Å². The maximum atomic E-state index is 4.57. The van der Waals surface area contributed by atoms with Crippen LogP contribution in [-0.2, 0) is 6.54 Å². The summed E-state index contributed by atoms with van der Waals surface area (Å²) < 4.78 is 0. The molecule has 0 aliphatic carbocycles. The van der Waals surface area contributed by atoms with Crippen LogP contribution in [0.25, 0.3) is 0 Å². The van der Waals surface area contributed by atoms with E-state index in [0.29, 0.717) is 0 Å². The normalized spacial score (nSPS) is 10.6. The van der Waals surface area contributed by atoms with Gasteiger partial charge in [0, 0.05) is 36.6 Å². The minimum absolute atomic E-state index is 0.830. The zero-order chi connectivity index (χ0) is 12.1. The second kappa shape index (κ2) is 5.80. The third-order valence-electron chi connectivity index (χ3n) is 2.81. The van der Waals surface area contributed by atoms with Crippen LogP contribution < -0.4 is 10.2 Å². The van der Waals surface area contributed by atoms with Gasteiger partial charge in [0.05, 0.1) is 0 Å². The molecule has 4 nitrogen and oxygen atoms in total. The van der Waals surface area contributed by atoms with E-state index in [1.807, 2.05) is 20.9 Å². The summed E-state index contributed by atoms with van der Waals surface area (Å²) in [5, 5.41) is 3.15. The van der Waals surface area contributed by atoms with E-state index in [0.717, 1.165) is 37.0 Å². The van der Waals surface area contributed by atoms with Crippen LogP contribution in [0.4, 0.5) is 5.95 Å². The molecule has 1 aromatic rings. The van der Waals surface area contributed by atoms with Gasteiger partial charge in [-0.1, -0.05) is 0 Å². The molecule has 90 valence electrons. The smallest absolute Gasteiger partial charge is 0.225 e. The first-order valence-corrected chi connectivity index (χ1v) is 5.87. The predicted octanol–water partition coefficient (Wildman–Crippen LogP) is 1.66. The third kappa shape index (κ3) is 2.70. The number of anilines is 1. The summed E-state index contributed by atoms with van der Waals surface area (Å²) in [6.07, 6.45) is 0. The largest absolute Gasteiger partial charge is 0.341 e. The van der Waals surface area contributed by atoms with Crippen molar-refractivity contribution in [3.8, 4) is 0 Å². The molecule has 0 spiro atoms. The van der Waals surface area contributed by atoms with Crippen molar-refractivity contribution < 1.29 is 0 Å². The van der Waals surface area contributed by atoms with E-state index in [-0.39, 0.29) is 0 Å². The molecule has 1 N–H and O–H groups in total. The minimum atomic E-state index is 0.830. The molecule has 0 unspecified atom stereocenters. The van der Waals surface area contributed by atoms with Gasteiger partial charge in [-0.15, -0.1) is 0 Å². The van der Waals surface area contributed by atoms with Crippen molar-refractivity contribution in [1.82, 2.24) is 15.3 Å². The second-order valence-corrected chi connectivity index (χ2v) is 3.88. The molecule has 1 aromatic heterocycles. The fourth-order valence-electron chi connectivity index (χ4n) is 1.80. The van der Waals surface area contributed by atoms with Crippen LogP contribution in [0.1, 0.15) is 30.8 Å². The number of hydrogen-bond acceptors (Lipinski definition) is 4. The summed E-state index contributed by atoms with van der Waals surface area (Å²) >= 11 is 0. The number of nitrogens with one attached hydrogen (secondary N) is 1. The topological polar surface area (TPSA) is 41.1 Å². The van der Waals surface area contributed by atoms with Gasteiger partial charge in [-0.05, 0) is 34.7 Å². The van der Waals surface area contributed by atoms with Crippen molar-refractivity contribution >= 4 is 5.95 Å². The Morgan fingerprint density at radius 2 is 1.56 bits per heavy atom. The molecular formula is C12H22N4. The second-order valence-electron chi connectivity index (χ2n) is 3.88. The van der Waals surface area contributed by atoms with Crippen molar-refractivity contribution in [3.63, 3.8) is 0 Å². The van der Waals surface area contributed by atoms with Gasteiger partial charge in [-0.2, -0.15) is 0 Å². The van der Waals surface area contributed by atoms with Gasteiger partial charge in [-0.25, -0.2) is 9.97 Å². The zero-order valence-electron chi connectivity index (χ0n) is 11.0. The highest BCUT2D eigenvalue weighted by molar-refractivity contribution is 5.36. The Morgan fingerprint density at radius 1 is 1.06 bits per heavy atom. The monoisotopic (exact) mass is 222 g/mol. The molecule has 1 heterocycles. The van der Waals surface area contributed by atoms with Crippen LogP contribution in [-0.4, -0.2) is 30.1 Å². The Balaban J connectivity index is 3.08. The van der Waals surface area contributed by atoms with E-state index in [9.17, 15) is 0 Å². The Bertz CT molecular complexity index is 322. The Morgan fingerprint density at radius 3 is 1.94 bits per heavy atom. The Labute approximate surface area is 98.1 Å². The lowest BCUT2D eigenvalue weighted by molar-refractivity contribution is 0.764. The molecule has 0 fully saturated rings. The van der Waals surface area contributed by atoms with Gasteiger partial charge in [0.25, 0.3) is 0 Å². The first kappa shape index (κ1) is 12.9. The first-order valence-electron chi connectivity index (χ1n) is 5.87. The highest BCUT2D eigenvalue weighted by Crippen LogP contribution is 2.15. The highest BCUT2D eigenvalue weighted by Gasteiger charge is 2.11. The molecule has 4 heteroatoms. The van der Waals surface area contributed by atoms with Crippen molar-refractivity contribution in [1.29, 1.82) is 0 Å². The van der Waals surface area contributed by atoms with E-state index in [4.69, 9.17) is 0 Å². The fraction of sp³-hybridized carbons (Fsp3) is 0.667. The van der Waals surface area contributed by atoms with E-state index in [1.54, 1.807) is 0 Å². The number of aryl methyl sites for hydroxylation is 2. The van der Waals surface area contributed by atoms with Crippen LogP contribution in [0.3, 0.4) is 0 Å². The van der Waals surface area contributed by atoms with E-state index >= 15 is 0 Å². The lowest BCUT2D eigenvalue weighted by atomic mass is 10.2. The SMILES string of the molecule is CCN(CC)c1nc(C)c(CNC)c(C)n1. The summed E-state index contributed by atoms with van der Waals surface area (Å²) in [5.41, 5.74) is 3.35. The molecule has 0 aliphatic heterocycles. The Kier molecular flexibility index (Phi) is 4.68. The average molecular weight is 222 g/mol. The average Bonchev–Trinajstić information content (AvgIpc) is 2.25. The number of rotatable bonds is 5. The Hall–Kier alpha value is -1.16. The molecule has 0 atom stereocenters. The quantitative estimate of drug-likeness (QED) is 0.822. The predicted molar refractivity (Wildman–Crippen MR) is 67.8 cm³/mol. The van der Waals surface area contributed by atoms with Gasteiger partial charge in [0.15, 0.2) is 0 Å². The first-order chi connectivity index (χ1) is 7.63. The van der Waals surface area contributed by atoms with Gasteiger partial charge < -0.3 is 10.2 Å². The molecule has 0 saturated heterocycles. The summed E-state index contributed by atoms with van der Waals surface area (Å²) in [5.74, 6) is 0.847. The van der Waals surface area contributed by atoms with Gasteiger partial charge in [0.2, 0.25) is 5.95 Å². The van der Waals surface area contributed by atoms with Crippen LogP contribution in [0, 0.1) is 13.8 Å². The molecular weight excluding hydrogens is 200 g/mol. The van der Waals surface area contributed by atoms with Crippen molar-refractivity contribution in [2.24, 2.45) is 0 Å². The number of nitrogens with zero attached hydrogens (tertiary/aromatic N) is 3. The van der Waals surface area contributed by atoms with Crippen LogP contribution in [0.15, 0.2) is 0 Å². The van der Waals surface area contributed by atoms with E-state index < -0.39 is 0 Å². The maximum Gasteiger partial charge on any atom is 0.225 e. The highest BCUT2D eigenvalue weighted by atomic mass is 15.2. The van der Waals surface area contributed by atoms with Crippen molar-refractivity contribution in [2.45, 2.75) is 34.2 Å². The summed E-state index contributed by atoms with van der Waals surface area (Å²) in [6.45, 7) is 11.1. The van der Waals surface area contributed by atoms with Crippen LogP contribution in [0.2, 0.25) is 0 Å². The van der Waals surface area contributed by atoms with Crippen molar-refractivity contribution in [2.75, 3.05) is 25.0 Å². The number of aromatic nitrogens is 2. The van der Waals surface area contributed by atoms with Gasteiger partial charge >= 0.3 is 0 Å². The fourth-order valence-corrected chi connectivity index (χ4v) is 1.80. The standard InChI is InChI=1S/C12H22N4/c1-6-16(7-2)12-14-9(3)11(8-13-5)10(4)15-12/h13H,6-8H2,1-5H3. The zero-order valence-corrected chi connectivity index (χ0v) is 11.0. The van der Waals surface area contributed by atoms with Crippen molar-refractivity contribution in [3.05, 3.63) is 17.0 Å². The molecule has 16 heavy (non-hydrogen) atoms. The van der Waals surface area contributed by atoms with E-state index in [1.165, 1.54) is 5.56 Å². The third-order valence-corrected chi connectivity index (χ3v) is 2.81. The van der Waals surface area contributed by atoms with Gasteiger partial charge in [0.1, 0.15) is 0 Å². The summed E-state index contributed by atoms with van der Waals surface area (Å²) in [4.78, 5) is 11.3. The minimum Gasteiger partial charge on any atom is -0.341 e. The molecule has 0 aliphatic rings. The lowest BCUT2D eigenvalue weighted by Gasteiger charge is -2.20. The molecule has 1 rings (SSSR count). The summed E-state index contributed by atoms with van der Waals surface area (Å²) in [6, 6.07) is 0. The van der Waals surface area contributed by atoms with Gasteiger partial charge in [-0.3, -0.25) is 0 Å². The lowest BCUT2D eigenvalue weighted by Crippen LogP contribution is -2.25. The number of hydrogen-bond donors (Lipinski definition) is 1. The molecule has 0 radical (unpaired) electrons. The van der Waals surface area contributed by atoms with Crippen LogP contribution >= 0.6 is 0 Å².